The van der Waals surface area contributed by atoms with Gasteiger partial charge in [0.15, 0.2) is 0 Å². The van der Waals surface area contributed by atoms with Crippen molar-refractivity contribution in [3.05, 3.63) is 37.7 Å². The molecule has 0 radical (unpaired) electrons. The molecule has 8 heavy (non-hydrogen) atoms. The largest absolute Gasteiger partial charge is 0.216 e. The Morgan fingerprint density at radius 3 is 1.50 bits per heavy atom. The van der Waals surface area contributed by atoms with Crippen LogP contribution in [0.3, 0.4) is 0 Å². The third-order valence-electron chi connectivity index (χ3n) is 0.293. The van der Waals surface area contributed by atoms with Gasteiger partial charge in [-0.1, -0.05) is 31.4 Å². The molecule has 0 aliphatic heterocycles. The summed E-state index contributed by atoms with van der Waals surface area (Å²) in [6.07, 6.45) is 5.11. The lowest BCUT2D eigenvalue weighted by Crippen LogP contribution is -1.22. The van der Waals surface area contributed by atoms with Gasteiger partial charge >= 0.3 is 0 Å². The van der Waals surface area contributed by atoms with Gasteiger partial charge in [0, 0.05) is 0 Å². The summed E-state index contributed by atoms with van der Waals surface area (Å²) >= 11 is 0. The van der Waals surface area contributed by atoms with Crippen molar-refractivity contribution in [2.24, 2.45) is 0 Å². The SMILES string of the molecule is C/C=C\F.C=CC=C. The van der Waals surface area contributed by atoms with Crippen LogP contribution in [0.5, 0.6) is 0 Å². The van der Waals surface area contributed by atoms with E-state index >= 15 is 0 Å². The normalized spacial score (nSPS) is 7.25. The second-order valence-corrected chi connectivity index (χ2v) is 0.931. The van der Waals surface area contributed by atoms with Gasteiger partial charge in [0.25, 0.3) is 0 Å². The molecular formula is C7H11F. The van der Waals surface area contributed by atoms with Crippen LogP contribution in [0.25, 0.3) is 0 Å². The molecule has 0 amide bonds. The molecule has 0 aromatic carbocycles. The quantitative estimate of drug-likeness (QED) is 0.460. The highest BCUT2D eigenvalue weighted by Crippen LogP contribution is 1.62. The molecule has 0 heterocycles. The highest BCUT2D eigenvalue weighted by Gasteiger charge is 1.38. The van der Waals surface area contributed by atoms with Gasteiger partial charge in [-0.15, -0.1) is 0 Å². The zero-order valence-electron chi connectivity index (χ0n) is 5.10. The van der Waals surface area contributed by atoms with Crippen LogP contribution in [-0.4, -0.2) is 0 Å². The van der Waals surface area contributed by atoms with Crippen LogP contribution in [0.2, 0.25) is 0 Å². The Balaban J connectivity index is 0. The van der Waals surface area contributed by atoms with E-state index in [0.717, 1.165) is 0 Å². The third-order valence-corrected chi connectivity index (χ3v) is 0.293. The average Bonchev–Trinajstić information content (AvgIpc) is 1.88. The van der Waals surface area contributed by atoms with Gasteiger partial charge in [0.05, 0.1) is 6.33 Å². The summed E-state index contributed by atoms with van der Waals surface area (Å²) in [6, 6.07) is 0. The molecule has 0 aromatic rings. The number of allylic oxidation sites excluding steroid dienone is 3. The maximum absolute atomic E-state index is 10.5. The van der Waals surface area contributed by atoms with Crippen molar-refractivity contribution >= 4 is 0 Å². The van der Waals surface area contributed by atoms with Gasteiger partial charge in [-0.2, -0.15) is 0 Å². The predicted molar refractivity (Wildman–Crippen MR) is 36.3 cm³/mol. The number of hydrogen-bond donors (Lipinski definition) is 0. The molecule has 0 N–H and O–H groups in total. The molecule has 0 unspecified atom stereocenters. The van der Waals surface area contributed by atoms with Crippen molar-refractivity contribution in [3.63, 3.8) is 0 Å². The van der Waals surface area contributed by atoms with E-state index in [4.69, 9.17) is 0 Å². The molecule has 0 rings (SSSR count). The topological polar surface area (TPSA) is 0 Å². The van der Waals surface area contributed by atoms with Crippen molar-refractivity contribution in [1.29, 1.82) is 0 Å². The average molecular weight is 114 g/mol. The first kappa shape index (κ1) is 10.2. The summed E-state index contributed by atoms with van der Waals surface area (Å²) in [5.74, 6) is 0. The summed E-state index contributed by atoms with van der Waals surface area (Å²) in [4.78, 5) is 0. The smallest absolute Gasteiger partial charge is 0.0824 e. The van der Waals surface area contributed by atoms with E-state index in [2.05, 4.69) is 13.2 Å². The number of rotatable bonds is 1. The molecule has 1 heteroatoms. The fourth-order valence-electron chi connectivity index (χ4n) is 0. The number of halogens is 1. The molecule has 0 saturated carbocycles. The second kappa shape index (κ2) is 16.4. The Bertz CT molecular complexity index is 62.5. The minimum absolute atomic E-state index is 0.500. The highest BCUT2D eigenvalue weighted by atomic mass is 19.1. The highest BCUT2D eigenvalue weighted by molar-refractivity contribution is 4.88. The van der Waals surface area contributed by atoms with E-state index in [1.165, 1.54) is 6.08 Å². The first-order valence-corrected chi connectivity index (χ1v) is 2.28. The van der Waals surface area contributed by atoms with E-state index in [-0.39, 0.29) is 0 Å². The summed E-state index contributed by atoms with van der Waals surface area (Å²) in [6.45, 7) is 8.35. The van der Waals surface area contributed by atoms with Crippen molar-refractivity contribution in [2.75, 3.05) is 0 Å². The molecule has 0 aliphatic carbocycles. The van der Waals surface area contributed by atoms with Gasteiger partial charge in [0.1, 0.15) is 0 Å². The first-order valence-electron chi connectivity index (χ1n) is 2.28. The Morgan fingerprint density at radius 2 is 1.50 bits per heavy atom. The fourth-order valence-corrected chi connectivity index (χ4v) is 0. The van der Waals surface area contributed by atoms with E-state index in [9.17, 15) is 4.39 Å². The summed E-state index contributed by atoms with van der Waals surface area (Å²) in [5, 5.41) is 0. The summed E-state index contributed by atoms with van der Waals surface area (Å²) in [5.41, 5.74) is 0. The lowest BCUT2D eigenvalue weighted by molar-refractivity contribution is 0.719. The fraction of sp³-hybridized carbons (Fsp3) is 0.143. The zero-order chi connectivity index (χ0) is 6.83. The molecule has 0 atom stereocenters. The lowest BCUT2D eigenvalue weighted by atomic mass is 10.6. The Hall–Kier alpha value is -0.850. The molecule has 0 nitrogen and oxygen atoms in total. The number of hydrogen-bond acceptors (Lipinski definition) is 0. The molecule has 0 fully saturated rings. The van der Waals surface area contributed by atoms with Gasteiger partial charge in [-0.05, 0) is 6.92 Å². The maximum Gasteiger partial charge on any atom is 0.0824 e. The first-order chi connectivity index (χ1) is 3.83. The predicted octanol–water partition coefficient (Wildman–Crippen LogP) is 2.85. The third kappa shape index (κ3) is 67.1. The lowest BCUT2D eigenvalue weighted by Gasteiger charge is -1.45. The maximum atomic E-state index is 10.5. The van der Waals surface area contributed by atoms with Crippen LogP contribution < -0.4 is 0 Å². The summed E-state index contributed by atoms with van der Waals surface area (Å²) in [7, 11) is 0. The zero-order valence-corrected chi connectivity index (χ0v) is 5.10. The Morgan fingerprint density at radius 1 is 1.25 bits per heavy atom. The standard InChI is InChI=1S/C4H6.C3H5F/c1-3-4-2;1-2-3-4/h3-4H,1-2H2;2-3H,1H3/b;3-2-. The Labute approximate surface area is 50.0 Å². The van der Waals surface area contributed by atoms with Crippen LogP contribution in [0.15, 0.2) is 37.7 Å². The van der Waals surface area contributed by atoms with Gasteiger partial charge in [-0.3, -0.25) is 0 Å². The van der Waals surface area contributed by atoms with Crippen molar-refractivity contribution < 1.29 is 4.39 Å². The van der Waals surface area contributed by atoms with Gasteiger partial charge in [-0.25, -0.2) is 4.39 Å². The molecule has 0 bridgehead atoms. The molecule has 0 spiro atoms. The van der Waals surface area contributed by atoms with Crippen molar-refractivity contribution in [3.8, 4) is 0 Å². The minimum atomic E-state index is 0.500. The van der Waals surface area contributed by atoms with Crippen LogP contribution in [0.4, 0.5) is 4.39 Å². The second-order valence-electron chi connectivity index (χ2n) is 0.931. The van der Waals surface area contributed by atoms with Gasteiger partial charge in [0.2, 0.25) is 0 Å². The molecule has 0 saturated heterocycles. The monoisotopic (exact) mass is 114 g/mol. The van der Waals surface area contributed by atoms with Crippen molar-refractivity contribution in [1.82, 2.24) is 0 Å². The van der Waals surface area contributed by atoms with Crippen LogP contribution in [0.1, 0.15) is 6.92 Å². The minimum Gasteiger partial charge on any atom is -0.216 e. The Kier molecular flexibility index (Phi) is 21.0. The summed E-state index contributed by atoms with van der Waals surface area (Å²) < 4.78 is 10.5. The van der Waals surface area contributed by atoms with E-state index in [0.29, 0.717) is 6.33 Å². The van der Waals surface area contributed by atoms with E-state index < -0.39 is 0 Å². The van der Waals surface area contributed by atoms with Crippen molar-refractivity contribution in [2.45, 2.75) is 6.92 Å². The molecular weight excluding hydrogens is 103 g/mol. The molecule has 46 valence electrons. The van der Waals surface area contributed by atoms with E-state index in [1.54, 1.807) is 19.1 Å². The van der Waals surface area contributed by atoms with Crippen LogP contribution >= 0.6 is 0 Å². The van der Waals surface area contributed by atoms with Gasteiger partial charge < -0.3 is 0 Å². The van der Waals surface area contributed by atoms with Crippen LogP contribution in [0, 0.1) is 0 Å². The van der Waals surface area contributed by atoms with Crippen LogP contribution in [-0.2, 0) is 0 Å². The molecule has 0 aromatic heterocycles. The van der Waals surface area contributed by atoms with E-state index in [1.807, 2.05) is 0 Å². The molecule has 0 aliphatic rings.